The molecular formula is C19H29Cl2N3O2. The second-order valence-corrected chi connectivity index (χ2v) is 7.64. The summed E-state index contributed by atoms with van der Waals surface area (Å²) in [5, 5.41) is 13.0. The van der Waals surface area contributed by atoms with Gasteiger partial charge in [0, 0.05) is 38.6 Å². The Kier molecular flexibility index (Phi) is 7.19. The Morgan fingerprint density at radius 3 is 2.50 bits per heavy atom. The molecule has 1 unspecified atom stereocenters. The van der Waals surface area contributed by atoms with Gasteiger partial charge < -0.3 is 15.3 Å². The lowest BCUT2D eigenvalue weighted by Gasteiger charge is -2.35. The molecule has 5 nitrogen and oxygen atoms in total. The van der Waals surface area contributed by atoms with Gasteiger partial charge in [0.15, 0.2) is 0 Å². The van der Waals surface area contributed by atoms with Crippen LogP contribution in [0.3, 0.4) is 0 Å². The first-order valence-corrected chi connectivity index (χ1v) is 9.16. The molecule has 2 aliphatic heterocycles. The SMILES string of the molecule is Cl.Cl.O=C(C1CC12CCNCC2)N1CCN(Cc2cccc(O)c2)CC1. The number of carbonyl (C=O) groups is 1. The lowest BCUT2D eigenvalue weighted by molar-refractivity contribution is -0.135. The smallest absolute Gasteiger partial charge is 0.226 e. The predicted molar refractivity (Wildman–Crippen MR) is 107 cm³/mol. The molecule has 146 valence electrons. The second-order valence-electron chi connectivity index (χ2n) is 7.64. The Hall–Kier alpha value is -1.01. The van der Waals surface area contributed by atoms with Crippen molar-refractivity contribution >= 4 is 30.7 Å². The number of phenolic OH excluding ortho intramolecular Hbond substituents is 1. The highest BCUT2D eigenvalue weighted by Crippen LogP contribution is 2.59. The van der Waals surface area contributed by atoms with E-state index < -0.39 is 0 Å². The number of benzene rings is 1. The van der Waals surface area contributed by atoms with Crippen LogP contribution < -0.4 is 5.32 Å². The van der Waals surface area contributed by atoms with Crippen LogP contribution in [0.4, 0.5) is 0 Å². The molecule has 3 fully saturated rings. The monoisotopic (exact) mass is 401 g/mol. The molecule has 7 heteroatoms. The highest BCUT2D eigenvalue weighted by atomic mass is 35.5. The van der Waals surface area contributed by atoms with Crippen LogP contribution in [0.1, 0.15) is 24.8 Å². The van der Waals surface area contributed by atoms with Crippen molar-refractivity contribution < 1.29 is 9.90 Å². The summed E-state index contributed by atoms with van der Waals surface area (Å²) >= 11 is 0. The minimum Gasteiger partial charge on any atom is -0.508 e. The summed E-state index contributed by atoms with van der Waals surface area (Å²) < 4.78 is 0. The largest absolute Gasteiger partial charge is 0.508 e. The first-order chi connectivity index (χ1) is 11.7. The number of hydrogen-bond donors (Lipinski definition) is 2. The number of aromatic hydroxyl groups is 1. The Morgan fingerprint density at radius 2 is 1.85 bits per heavy atom. The predicted octanol–water partition coefficient (Wildman–Crippen LogP) is 2.27. The molecule has 2 heterocycles. The Bertz CT molecular complexity index is 615. The number of rotatable bonds is 3. The standard InChI is InChI=1S/C19H27N3O2.2ClH/c23-16-3-1-2-15(12-16)14-21-8-10-22(11-9-21)18(24)17-13-19(17)4-6-20-7-5-19;;/h1-3,12,17,20,23H,4-11,13-14H2;2*1H. The van der Waals surface area contributed by atoms with Crippen LogP contribution in [0.25, 0.3) is 0 Å². The van der Waals surface area contributed by atoms with Gasteiger partial charge in [-0.2, -0.15) is 0 Å². The van der Waals surface area contributed by atoms with Gasteiger partial charge in [-0.15, -0.1) is 24.8 Å². The molecule has 2 N–H and O–H groups in total. The molecular weight excluding hydrogens is 373 g/mol. The highest BCUT2D eigenvalue weighted by Gasteiger charge is 2.58. The van der Waals surface area contributed by atoms with Gasteiger partial charge in [0.05, 0.1) is 0 Å². The molecule has 1 aliphatic carbocycles. The van der Waals surface area contributed by atoms with Gasteiger partial charge in [-0.05, 0) is 55.5 Å². The minimum atomic E-state index is 0. The number of hydrogen-bond acceptors (Lipinski definition) is 4. The second kappa shape index (κ2) is 8.79. The zero-order valence-corrected chi connectivity index (χ0v) is 16.7. The molecule has 1 aromatic rings. The van der Waals surface area contributed by atoms with Crippen molar-refractivity contribution in [1.82, 2.24) is 15.1 Å². The van der Waals surface area contributed by atoms with Crippen molar-refractivity contribution in [2.24, 2.45) is 11.3 Å². The molecule has 26 heavy (non-hydrogen) atoms. The molecule has 1 saturated carbocycles. The number of carbonyl (C=O) groups excluding carboxylic acids is 1. The molecule has 0 bridgehead atoms. The fourth-order valence-corrected chi connectivity index (χ4v) is 4.43. The van der Waals surface area contributed by atoms with E-state index in [1.165, 1.54) is 12.8 Å². The molecule has 0 radical (unpaired) electrons. The van der Waals surface area contributed by atoms with E-state index in [1.54, 1.807) is 6.07 Å². The summed E-state index contributed by atoms with van der Waals surface area (Å²) in [4.78, 5) is 17.2. The number of phenols is 1. The number of amides is 1. The van der Waals surface area contributed by atoms with Crippen molar-refractivity contribution in [2.75, 3.05) is 39.3 Å². The third-order valence-electron chi connectivity index (χ3n) is 6.09. The van der Waals surface area contributed by atoms with Crippen LogP contribution >= 0.6 is 24.8 Å². The molecule has 1 aromatic carbocycles. The highest BCUT2D eigenvalue weighted by molar-refractivity contribution is 5.85. The average molecular weight is 402 g/mol. The van der Waals surface area contributed by atoms with Gasteiger partial charge in [-0.25, -0.2) is 0 Å². The minimum absolute atomic E-state index is 0. The molecule has 1 atom stereocenters. The molecule has 1 spiro atoms. The molecule has 2 saturated heterocycles. The number of halogens is 2. The lowest BCUT2D eigenvalue weighted by Crippen LogP contribution is -2.49. The third kappa shape index (κ3) is 4.45. The quantitative estimate of drug-likeness (QED) is 0.815. The van der Waals surface area contributed by atoms with Gasteiger partial charge in [0.2, 0.25) is 5.91 Å². The lowest BCUT2D eigenvalue weighted by atomic mass is 9.91. The van der Waals surface area contributed by atoms with Crippen LogP contribution in [0.2, 0.25) is 0 Å². The number of piperazine rings is 1. The normalized spacial score (nSPS) is 24.5. The topological polar surface area (TPSA) is 55.8 Å². The van der Waals surface area contributed by atoms with E-state index >= 15 is 0 Å². The fourth-order valence-electron chi connectivity index (χ4n) is 4.43. The Labute approximate surface area is 167 Å². The van der Waals surface area contributed by atoms with Crippen molar-refractivity contribution in [1.29, 1.82) is 0 Å². The van der Waals surface area contributed by atoms with Crippen molar-refractivity contribution in [3.05, 3.63) is 29.8 Å². The summed E-state index contributed by atoms with van der Waals surface area (Å²) in [5.41, 5.74) is 1.46. The third-order valence-corrected chi connectivity index (χ3v) is 6.09. The van der Waals surface area contributed by atoms with E-state index in [0.717, 1.165) is 57.8 Å². The molecule has 4 rings (SSSR count). The van der Waals surface area contributed by atoms with Gasteiger partial charge in [-0.3, -0.25) is 9.69 Å². The zero-order valence-electron chi connectivity index (χ0n) is 15.0. The van der Waals surface area contributed by atoms with Gasteiger partial charge in [-0.1, -0.05) is 12.1 Å². The summed E-state index contributed by atoms with van der Waals surface area (Å²) in [6.45, 7) is 6.49. The number of nitrogens with zero attached hydrogens (tertiary/aromatic N) is 2. The number of nitrogens with one attached hydrogen (secondary N) is 1. The Balaban J connectivity index is 0.00000121. The van der Waals surface area contributed by atoms with Gasteiger partial charge in [0.1, 0.15) is 5.75 Å². The maximum atomic E-state index is 12.8. The number of piperidine rings is 1. The summed E-state index contributed by atoms with van der Waals surface area (Å²) in [6.07, 6.45) is 3.44. The van der Waals surface area contributed by atoms with Crippen LogP contribution in [0.15, 0.2) is 24.3 Å². The van der Waals surface area contributed by atoms with E-state index in [2.05, 4.69) is 15.1 Å². The first-order valence-electron chi connectivity index (χ1n) is 9.16. The van der Waals surface area contributed by atoms with Gasteiger partial charge in [0.25, 0.3) is 0 Å². The maximum Gasteiger partial charge on any atom is 0.226 e. The van der Waals surface area contributed by atoms with Crippen molar-refractivity contribution in [3.8, 4) is 5.75 Å². The van der Waals surface area contributed by atoms with E-state index in [-0.39, 0.29) is 30.7 Å². The van der Waals surface area contributed by atoms with Crippen molar-refractivity contribution in [3.63, 3.8) is 0 Å². The van der Waals surface area contributed by atoms with Crippen LogP contribution in [0, 0.1) is 11.3 Å². The Morgan fingerprint density at radius 1 is 1.15 bits per heavy atom. The molecule has 0 aromatic heterocycles. The molecule has 3 aliphatic rings. The summed E-state index contributed by atoms with van der Waals surface area (Å²) in [7, 11) is 0. The average Bonchev–Trinajstić information content (AvgIpc) is 3.28. The van der Waals surface area contributed by atoms with Crippen LogP contribution in [0.5, 0.6) is 5.75 Å². The van der Waals surface area contributed by atoms with Crippen LogP contribution in [-0.2, 0) is 11.3 Å². The molecule has 1 amide bonds. The van der Waals surface area contributed by atoms with Crippen LogP contribution in [-0.4, -0.2) is 60.1 Å². The van der Waals surface area contributed by atoms with E-state index in [1.807, 2.05) is 18.2 Å². The van der Waals surface area contributed by atoms with E-state index in [4.69, 9.17) is 0 Å². The van der Waals surface area contributed by atoms with E-state index in [9.17, 15) is 9.90 Å². The first kappa shape index (κ1) is 21.3. The zero-order chi connectivity index (χ0) is 16.6. The maximum absolute atomic E-state index is 12.8. The van der Waals surface area contributed by atoms with Gasteiger partial charge >= 0.3 is 0 Å². The summed E-state index contributed by atoms with van der Waals surface area (Å²) in [5.74, 6) is 1.01. The van der Waals surface area contributed by atoms with E-state index in [0.29, 0.717) is 17.1 Å². The van der Waals surface area contributed by atoms with Crippen molar-refractivity contribution in [2.45, 2.75) is 25.8 Å². The fraction of sp³-hybridized carbons (Fsp3) is 0.632. The summed E-state index contributed by atoms with van der Waals surface area (Å²) in [6, 6.07) is 7.45.